The molecule has 116 valence electrons. The molecule has 0 fully saturated rings. The first kappa shape index (κ1) is 29.0. The minimum absolute atomic E-state index is 0. The molecule has 0 amide bonds. The van der Waals surface area contributed by atoms with Crippen molar-refractivity contribution in [1.29, 1.82) is 0 Å². The molecule has 2 rings (SSSR count). The summed E-state index contributed by atoms with van der Waals surface area (Å²) in [6, 6.07) is 11.4. The van der Waals surface area contributed by atoms with Crippen LogP contribution in [0.4, 0.5) is 0 Å². The van der Waals surface area contributed by atoms with Crippen LogP contribution in [0.5, 0.6) is 0 Å². The summed E-state index contributed by atoms with van der Waals surface area (Å²) >= 11 is 0. The molecular formula is C17H24Cl2OTi. The van der Waals surface area contributed by atoms with Crippen LogP contribution in [0.3, 0.4) is 0 Å². The second-order valence-corrected chi connectivity index (χ2v) is 4.60. The van der Waals surface area contributed by atoms with Gasteiger partial charge in [-0.15, -0.1) is 41.5 Å². The number of halogens is 2. The Labute approximate surface area is 157 Å². The van der Waals surface area contributed by atoms with Crippen molar-refractivity contribution in [2.24, 2.45) is 0 Å². The van der Waals surface area contributed by atoms with Crippen molar-refractivity contribution >= 4 is 5.57 Å². The van der Waals surface area contributed by atoms with Gasteiger partial charge in [0.1, 0.15) is 0 Å². The van der Waals surface area contributed by atoms with Gasteiger partial charge in [-0.25, -0.2) is 0 Å². The van der Waals surface area contributed by atoms with E-state index in [1.165, 1.54) is 22.6 Å². The van der Waals surface area contributed by atoms with Crippen molar-refractivity contribution in [3.05, 3.63) is 59.5 Å². The zero-order valence-corrected chi connectivity index (χ0v) is 16.4. The monoisotopic (exact) mass is 362 g/mol. The van der Waals surface area contributed by atoms with Crippen LogP contribution in [0.25, 0.3) is 5.57 Å². The fourth-order valence-electron chi connectivity index (χ4n) is 1.44. The maximum atomic E-state index is 7.00. The summed E-state index contributed by atoms with van der Waals surface area (Å²) in [5, 5.41) is 7.00. The molecule has 0 aliphatic heterocycles. The first-order valence-electron chi connectivity index (χ1n) is 6.15. The van der Waals surface area contributed by atoms with Crippen LogP contribution < -0.4 is 24.8 Å². The fourth-order valence-corrected chi connectivity index (χ4v) is 1.44. The third-order valence-corrected chi connectivity index (χ3v) is 2.10. The Bertz CT molecular complexity index is 384. The van der Waals surface area contributed by atoms with E-state index in [9.17, 15) is 0 Å². The molecule has 0 bridgehead atoms. The zero-order valence-electron chi connectivity index (χ0n) is 13.4. The van der Waals surface area contributed by atoms with E-state index in [1.807, 2.05) is 12.1 Å². The molecule has 1 nitrogen and oxygen atoms in total. The van der Waals surface area contributed by atoms with Gasteiger partial charge >= 0.3 is 21.7 Å². The van der Waals surface area contributed by atoms with E-state index in [4.69, 9.17) is 5.11 Å². The van der Waals surface area contributed by atoms with Gasteiger partial charge in [-0.2, -0.15) is 20.8 Å². The maximum Gasteiger partial charge on any atom is 4.00 e. The summed E-state index contributed by atoms with van der Waals surface area (Å²) in [5.74, 6) is 1.42. The quantitative estimate of drug-likeness (QED) is 0.474. The van der Waals surface area contributed by atoms with Crippen LogP contribution in [0, 0.1) is 12.0 Å². The number of aliphatic hydroxyl groups excluding tert-OH is 1. The van der Waals surface area contributed by atoms with Crippen LogP contribution in [-0.4, -0.2) is 12.2 Å². The van der Waals surface area contributed by atoms with E-state index in [0.717, 1.165) is 13.5 Å². The van der Waals surface area contributed by atoms with Crippen molar-refractivity contribution in [2.75, 3.05) is 7.11 Å². The van der Waals surface area contributed by atoms with Crippen LogP contribution >= 0.6 is 0 Å². The molecule has 1 aliphatic carbocycles. The summed E-state index contributed by atoms with van der Waals surface area (Å²) in [6.07, 6.45) is 5.54. The topological polar surface area (TPSA) is 20.2 Å². The number of rotatable bonds is 1. The van der Waals surface area contributed by atoms with E-state index in [1.54, 1.807) is 0 Å². The molecule has 1 aromatic rings. The van der Waals surface area contributed by atoms with Crippen molar-refractivity contribution in [2.45, 2.75) is 34.1 Å². The van der Waals surface area contributed by atoms with E-state index < -0.39 is 0 Å². The van der Waals surface area contributed by atoms with Crippen LogP contribution in [0.2, 0.25) is 0 Å². The Hall–Kier alpha value is -0.0457. The molecular weight excluding hydrogens is 339 g/mol. The molecule has 0 saturated heterocycles. The van der Waals surface area contributed by atoms with E-state index in [2.05, 4.69) is 58.0 Å². The average Bonchev–Trinajstić information content (AvgIpc) is 2.79. The number of allylic oxidation sites excluding steroid dienone is 4. The predicted molar refractivity (Wildman–Crippen MR) is 80.0 cm³/mol. The van der Waals surface area contributed by atoms with Gasteiger partial charge in [0.15, 0.2) is 0 Å². The molecule has 0 atom stereocenters. The van der Waals surface area contributed by atoms with Gasteiger partial charge in [0.2, 0.25) is 0 Å². The molecule has 21 heavy (non-hydrogen) atoms. The molecule has 0 aromatic heterocycles. The molecule has 0 heterocycles. The first-order chi connectivity index (χ1) is 8.59. The molecule has 0 saturated carbocycles. The standard InChI is InChI=1S/C12H11.C4H9.CH4O.2ClH.Ti/c1-10-7-8-12(9-10)11-5-3-2-4-6-11;1-4(2)3;1-2;;;/h2-5,7,9H,8H2,1H3;1-3H3;2H,1H3;2*1H;/q2*-1;;;;+4/p-2. The van der Waals surface area contributed by atoms with Crippen molar-refractivity contribution < 1.29 is 51.6 Å². The number of benzene rings is 1. The van der Waals surface area contributed by atoms with Crippen LogP contribution in [0.15, 0.2) is 42.0 Å². The summed E-state index contributed by atoms with van der Waals surface area (Å²) in [4.78, 5) is 0. The first-order valence-corrected chi connectivity index (χ1v) is 6.15. The second-order valence-electron chi connectivity index (χ2n) is 4.60. The van der Waals surface area contributed by atoms with Crippen molar-refractivity contribution in [3.63, 3.8) is 0 Å². The summed E-state index contributed by atoms with van der Waals surface area (Å²) in [6.45, 7) is 8.38. The van der Waals surface area contributed by atoms with Gasteiger partial charge in [-0.1, -0.05) is 17.7 Å². The molecule has 4 heteroatoms. The smallest absolute Gasteiger partial charge is 1.00 e. The van der Waals surface area contributed by atoms with Gasteiger partial charge < -0.3 is 35.8 Å². The van der Waals surface area contributed by atoms with Gasteiger partial charge in [0.25, 0.3) is 0 Å². The molecule has 0 spiro atoms. The summed E-state index contributed by atoms with van der Waals surface area (Å²) < 4.78 is 0. The Kier molecular flexibility index (Phi) is 24.9. The van der Waals surface area contributed by atoms with Crippen molar-refractivity contribution in [3.8, 4) is 0 Å². The maximum absolute atomic E-state index is 7.00. The average molecular weight is 363 g/mol. The van der Waals surface area contributed by atoms with E-state index >= 15 is 0 Å². The fraction of sp³-hybridized carbons (Fsp3) is 0.353. The Morgan fingerprint density at radius 3 is 1.95 bits per heavy atom. The number of aliphatic hydroxyl groups is 1. The van der Waals surface area contributed by atoms with Gasteiger partial charge in [-0.05, 0) is 13.3 Å². The minimum atomic E-state index is 0. The molecule has 1 aliphatic rings. The molecule has 0 unspecified atom stereocenters. The van der Waals surface area contributed by atoms with Gasteiger partial charge in [-0.3, -0.25) is 0 Å². The van der Waals surface area contributed by atoms with Gasteiger partial charge in [0.05, 0.1) is 0 Å². The second kappa shape index (κ2) is 18.0. The minimum Gasteiger partial charge on any atom is -1.00 e. The largest absolute Gasteiger partial charge is 4.00 e. The zero-order chi connectivity index (χ0) is 14.0. The summed E-state index contributed by atoms with van der Waals surface area (Å²) in [7, 11) is 1.00. The Morgan fingerprint density at radius 2 is 1.62 bits per heavy atom. The number of hydrogen-bond donors (Lipinski definition) is 1. The van der Waals surface area contributed by atoms with Crippen LogP contribution in [-0.2, 0) is 21.7 Å². The third kappa shape index (κ3) is 14.6. The molecule has 1 N–H and O–H groups in total. The van der Waals surface area contributed by atoms with Crippen LogP contribution in [0.1, 0.15) is 39.7 Å². The third-order valence-electron chi connectivity index (χ3n) is 2.10. The Balaban J connectivity index is -0.000000142. The van der Waals surface area contributed by atoms with E-state index in [-0.39, 0.29) is 46.5 Å². The van der Waals surface area contributed by atoms with Gasteiger partial charge in [0, 0.05) is 7.11 Å². The van der Waals surface area contributed by atoms with Crippen molar-refractivity contribution in [1.82, 2.24) is 0 Å². The van der Waals surface area contributed by atoms with E-state index in [0.29, 0.717) is 0 Å². The molecule has 1 aromatic carbocycles. The molecule has 0 radical (unpaired) electrons. The predicted octanol–water partition coefficient (Wildman–Crippen LogP) is -1.55. The SMILES string of the molecule is CC1=CCC(c2[c-]cccc2)=C1.CO.C[C-](C)C.[Cl-].[Cl-].[Ti+4]. The number of hydrogen-bond acceptors (Lipinski definition) is 1. The normalized spacial score (nSPS) is 11.0. The summed E-state index contributed by atoms with van der Waals surface area (Å²) in [5.41, 5.74) is 3.97. The Morgan fingerprint density at radius 1 is 1.10 bits per heavy atom.